The van der Waals surface area contributed by atoms with Crippen molar-refractivity contribution in [2.75, 3.05) is 0 Å². The van der Waals surface area contributed by atoms with E-state index in [1.165, 1.54) is 12.1 Å². The fourth-order valence-corrected chi connectivity index (χ4v) is 2.89. The summed E-state index contributed by atoms with van der Waals surface area (Å²) in [6, 6.07) is 25.8. The molecule has 0 aliphatic rings. The number of H-pyrrole nitrogens is 1. The largest absolute Gasteiger partial charge is 0.352 e. The Morgan fingerprint density at radius 1 is 0.500 bits per heavy atom. The van der Waals surface area contributed by atoms with Crippen LogP contribution in [0.1, 0.15) is 0 Å². The second kappa shape index (κ2) is 11.6. The van der Waals surface area contributed by atoms with Crippen molar-refractivity contribution >= 4 is 0 Å². The van der Waals surface area contributed by atoms with Gasteiger partial charge in [-0.25, -0.2) is 0 Å². The summed E-state index contributed by atoms with van der Waals surface area (Å²) in [5.74, 6) is 0. The van der Waals surface area contributed by atoms with Crippen molar-refractivity contribution in [2.24, 2.45) is 0 Å². The molecule has 0 fully saturated rings. The van der Waals surface area contributed by atoms with Gasteiger partial charge in [0.15, 0.2) is 5.43 Å². The minimum absolute atomic E-state index is 0. The Morgan fingerprint density at radius 3 is 1.16 bits per heavy atom. The first-order valence-electron chi connectivity index (χ1n) is 9.69. The predicted molar refractivity (Wildman–Crippen MR) is 121 cm³/mol. The SMILES string of the molecule is O=c1cc(-c2ccccn2)[nH]c(-c2ccccn2)c1.[Pt].c1ccc(-c2ccccn2)nc1. The van der Waals surface area contributed by atoms with Crippen LogP contribution in [0.4, 0.5) is 0 Å². The van der Waals surface area contributed by atoms with Gasteiger partial charge in [0, 0.05) is 58.0 Å². The van der Waals surface area contributed by atoms with Gasteiger partial charge in [-0.2, -0.15) is 0 Å². The molecule has 7 heteroatoms. The number of aromatic nitrogens is 5. The topological polar surface area (TPSA) is 84.4 Å². The number of aromatic amines is 1. The summed E-state index contributed by atoms with van der Waals surface area (Å²) in [6.45, 7) is 0. The molecule has 5 aromatic heterocycles. The molecular formula is C25H19N5OPt. The number of hydrogen-bond acceptors (Lipinski definition) is 5. The maximum atomic E-state index is 11.8. The molecule has 0 aliphatic carbocycles. The summed E-state index contributed by atoms with van der Waals surface area (Å²) < 4.78 is 0. The molecule has 0 saturated carbocycles. The van der Waals surface area contributed by atoms with Crippen molar-refractivity contribution in [3.8, 4) is 34.2 Å². The first-order valence-corrected chi connectivity index (χ1v) is 9.69. The third-order valence-electron chi connectivity index (χ3n) is 4.32. The van der Waals surface area contributed by atoms with Crippen LogP contribution in [0.5, 0.6) is 0 Å². The van der Waals surface area contributed by atoms with Gasteiger partial charge in [0.1, 0.15) is 0 Å². The molecule has 5 heterocycles. The maximum absolute atomic E-state index is 11.8. The first-order chi connectivity index (χ1) is 15.3. The molecule has 0 saturated heterocycles. The Bertz CT molecular complexity index is 1180. The Balaban J connectivity index is 0.000000193. The summed E-state index contributed by atoms with van der Waals surface area (Å²) >= 11 is 0. The molecule has 5 rings (SSSR count). The van der Waals surface area contributed by atoms with E-state index in [4.69, 9.17) is 0 Å². The van der Waals surface area contributed by atoms with E-state index in [-0.39, 0.29) is 26.5 Å². The van der Waals surface area contributed by atoms with Crippen molar-refractivity contribution in [3.05, 3.63) is 120 Å². The van der Waals surface area contributed by atoms with Gasteiger partial charge in [-0.3, -0.25) is 24.7 Å². The average Bonchev–Trinajstić information content (AvgIpc) is 2.86. The molecule has 0 spiro atoms. The molecule has 0 bridgehead atoms. The Hall–Kier alpha value is -3.76. The minimum atomic E-state index is -0.0694. The van der Waals surface area contributed by atoms with Gasteiger partial charge in [0.25, 0.3) is 0 Å². The molecule has 0 atom stereocenters. The standard InChI is InChI=1S/C15H11N3O.C10H8N2.Pt/c19-11-9-14(12-5-1-3-7-16-12)18-15(10-11)13-6-2-4-8-17-13;1-3-7-11-9(5-1)10-6-2-4-8-12-10;/h1-10H,(H,18,19);1-8H;. The Morgan fingerprint density at radius 2 is 0.844 bits per heavy atom. The van der Waals surface area contributed by atoms with Gasteiger partial charge >= 0.3 is 0 Å². The van der Waals surface area contributed by atoms with E-state index in [2.05, 4.69) is 24.9 Å². The van der Waals surface area contributed by atoms with Crippen LogP contribution in [0.3, 0.4) is 0 Å². The summed E-state index contributed by atoms with van der Waals surface area (Å²) in [6.07, 6.45) is 6.93. The number of nitrogens with zero attached hydrogens (tertiary/aromatic N) is 4. The number of nitrogens with one attached hydrogen (secondary N) is 1. The van der Waals surface area contributed by atoms with E-state index in [9.17, 15) is 4.79 Å². The van der Waals surface area contributed by atoms with E-state index in [1.807, 2.05) is 72.8 Å². The van der Waals surface area contributed by atoms with Crippen molar-refractivity contribution in [1.82, 2.24) is 24.9 Å². The third-order valence-corrected chi connectivity index (χ3v) is 4.32. The smallest absolute Gasteiger partial charge is 0.182 e. The van der Waals surface area contributed by atoms with E-state index < -0.39 is 0 Å². The fourth-order valence-electron chi connectivity index (χ4n) is 2.89. The van der Waals surface area contributed by atoms with Gasteiger partial charge in [-0.1, -0.05) is 24.3 Å². The number of hydrogen-bond donors (Lipinski definition) is 1. The summed E-state index contributed by atoms with van der Waals surface area (Å²) in [4.78, 5) is 31.8. The minimum Gasteiger partial charge on any atom is -0.352 e. The van der Waals surface area contributed by atoms with Crippen molar-refractivity contribution in [1.29, 1.82) is 0 Å². The molecule has 6 nitrogen and oxygen atoms in total. The van der Waals surface area contributed by atoms with Crippen molar-refractivity contribution in [3.63, 3.8) is 0 Å². The van der Waals surface area contributed by atoms with Gasteiger partial charge < -0.3 is 4.98 Å². The molecule has 0 radical (unpaired) electrons. The number of rotatable bonds is 3. The van der Waals surface area contributed by atoms with Crippen LogP contribution in [0.2, 0.25) is 0 Å². The third kappa shape index (κ3) is 6.12. The van der Waals surface area contributed by atoms with E-state index in [0.29, 0.717) is 11.4 Å². The molecule has 1 N–H and O–H groups in total. The van der Waals surface area contributed by atoms with Gasteiger partial charge in [0.05, 0.1) is 34.2 Å². The zero-order valence-electron chi connectivity index (χ0n) is 16.9. The van der Waals surface area contributed by atoms with Crippen molar-refractivity contribution < 1.29 is 21.1 Å². The van der Waals surface area contributed by atoms with Crippen LogP contribution < -0.4 is 5.43 Å². The van der Waals surface area contributed by atoms with Crippen molar-refractivity contribution in [2.45, 2.75) is 0 Å². The van der Waals surface area contributed by atoms with Crippen LogP contribution in [-0.4, -0.2) is 24.9 Å². The normalized spacial score (nSPS) is 9.75. The molecular weight excluding hydrogens is 581 g/mol. The average molecular weight is 601 g/mol. The van der Waals surface area contributed by atoms with Crippen LogP contribution >= 0.6 is 0 Å². The molecule has 5 aromatic rings. The van der Waals surface area contributed by atoms with E-state index in [0.717, 1.165) is 22.8 Å². The van der Waals surface area contributed by atoms with Gasteiger partial charge in [0.2, 0.25) is 0 Å². The second-order valence-electron chi connectivity index (χ2n) is 6.50. The van der Waals surface area contributed by atoms with E-state index >= 15 is 0 Å². The van der Waals surface area contributed by atoms with Crippen LogP contribution in [0.15, 0.2) is 115 Å². The molecule has 160 valence electrons. The Kier molecular flexibility index (Phi) is 8.29. The molecule has 0 unspecified atom stereocenters. The Labute approximate surface area is 199 Å². The predicted octanol–water partition coefficient (Wildman–Crippen LogP) is 4.64. The molecule has 0 aliphatic heterocycles. The van der Waals surface area contributed by atoms with Gasteiger partial charge in [-0.05, 0) is 48.5 Å². The van der Waals surface area contributed by atoms with Gasteiger partial charge in [-0.15, -0.1) is 0 Å². The second-order valence-corrected chi connectivity index (χ2v) is 6.50. The first kappa shape index (κ1) is 22.9. The zero-order chi connectivity index (χ0) is 21.3. The fraction of sp³-hybridized carbons (Fsp3) is 0. The summed E-state index contributed by atoms with van der Waals surface area (Å²) in [5, 5.41) is 0. The number of pyridine rings is 5. The molecule has 32 heavy (non-hydrogen) atoms. The van der Waals surface area contributed by atoms with E-state index in [1.54, 1.807) is 24.8 Å². The quantitative estimate of drug-likeness (QED) is 0.326. The molecule has 0 amide bonds. The zero-order valence-corrected chi connectivity index (χ0v) is 19.2. The monoisotopic (exact) mass is 600 g/mol. The molecule has 0 aromatic carbocycles. The summed E-state index contributed by atoms with van der Waals surface area (Å²) in [5.41, 5.74) is 4.61. The van der Waals surface area contributed by atoms with Crippen LogP contribution in [0, 0.1) is 0 Å². The maximum Gasteiger partial charge on any atom is 0.182 e. The van der Waals surface area contributed by atoms with Crippen LogP contribution in [0.25, 0.3) is 34.2 Å². The van der Waals surface area contributed by atoms with Crippen LogP contribution in [-0.2, 0) is 21.1 Å². The summed E-state index contributed by atoms with van der Waals surface area (Å²) in [7, 11) is 0.